The van der Waals surface area contributed by atoms with Crippen molar-refractivity contribution in [1.29, 1.82) is 0 Å². The van der Waals surface area contributed by atoms with Crippen molar-refractivity contribution in [2.75, 3.05) is 0 Å². The third-order valence-electron chi connectivity index (χ3n) is 1.56. The molecule has 0 fully saturated rings. The van der Waals surface area contributed by atoms with Crippen molar-refractivity contribution in [1.82, 2.24) is 0 Å². The van der Waals surface area contributed by atoms with E-state index in [0.29, 0.717) is 0 Å². The Bertz CT molecular complexity index is 175. The molecule has 1 aliphatic rings. The molecule has 1 nitrogen and oxygen atoms in total. The van der Waals surface area contributed by atoms with Crippen LogP contribution < -0.4 is 0 Å². The van der Waals surface area contributed by atoms with Crippen LogP contribution in [0.5, 0.6) is 0 Å². The van der Waals surface area contributed by atoms with Gasteiger partial charge in [-0.25, -0.2) is 0 Å². The van der Waals surface area contributed by atoms with Crippen molar-refractivity contribution < 1.29 is 4.74 Å². The molecule has 1 aliphatic heterocycles. The molecular formula is C9H12O. The lowest BCUT2D eigenvalue weighted by Crippen LogP contribution is -1.95. The first-order valence-electron chi connectivity index (χ1n) is 3.52. The molecule has 10 heavy (non-hydrogen) atoms. The van der Waals surface area contributed by atoms with Gasteiger partial charge in [-0.1, -0.05) is 6.08 Å². The highest BCUT2D eigenvalue weighted by atomic mass is 16.5. The summed E-state index contributed by atoms with van der Waals surface area (Å²) in [5, 5.41) is 0. The zero-order chi connectivity index (χ0) is 7.40. The van der Waals surface area contributed by atoms with Crippen LogP contribution in [-0.4, -0.2) is 0 Å². The van der Waals surface area contributed by atoms with Crippen LogP contribution in [0.4, 0.5) is 0 Å². The summed E-state index contributed by atoms with van der Waals surface area (Å²) >= 11 is 0. The van der Waals surface area contributed by atoms with Crippen LogP contribution >= 0.6 is 0 Å². The maximum Gasteiger partial charge on any atom is 0.125 e. The van der Waals surface area contributed by atoms with Gasteiger partial charge in [0, 0.05) is 0 Å². The largest absolute Gasteiger partial charge is 0.465 e. The number of hydrogen-bond donors (Lipinski definition) is 0. The Morgan fingerprint density at radius 1 is 1.40 bits per heavy atom. The van der Waals surface area contributed by atoms with Gasteiger partial charge in [0.2, 0.25) is 0 Å². The summed E-state index contributed by atoms with van der Waals surface area (Å²) in [5.41, 5.74) is 1.27. The fourth-order valence-electron chi connectivity index (χ4n) is 0.986. The average Bonchev–Trinajstić information content (AvgIpc) is 2.04. The first kappa shape index (κ1) is 7.13. The minimum atomic E-state index is 0.991. The fraction of sp³-hybridized carbons (Fsp3) is 0.333. The standard InChI is InChI=1S/C9H12O/c1-3-8-6-5-7-10-9(8)4-2/h3-5,7H,6H2,1-2H3/b8-3-,9-4+. The van der Waals surface area contributed by atoms with Gasteiger partial charge in [-0.3, -0.25) is 0 Å². The van der Waals surface area contributed by atoms with Gasteiger partial charge in [0.1, 0.15) is 5.76 Å². The van der Waals surface area contributed by atoms with E-state index < -0.39 is 0 Å². The van der Waals surface area contributed by atoms with E-state index in [4.69, 9.17) is 4.74 Å². The van der Waals surface area contributed by atoms with E-state index in [1.165, 1.54) is 5.57 Å². The van der Waals surface area contributed by atoms with Crippen LogP contribution in [-0.2, 0) is 4.74 Å². The molecule has 0 aromatic rings. The van der Waals surface area contributed by atoms with E-state index in [0.717, 1.165) is 12.2 Å². The Balaban J connectivity index is 2.83. The predicted molar refractivity (Wildman–Crippen MR) is 42.4 cm³/mol. The van der Waals surface area contributed by atoms with Gasteiger partial charge in [-0.2, -0.15) is 0 Å². The lowest BCUT2D eigenvalue weighted by molar-refractivity contribution is 0.347. The Hall–Kier alpha value is -0.980. The van der Waals surface area contributed by atoms with Crippen molar-refractivity contribution in [3.8, 4) is 0 Å². The van der Waals surface area contributed by atoms with E-state index in [2.05, 4.69) is 6.08 Å². The lowest BCUT2D eigenvalue weighted by Gasteiger charge is -2.12. The highest BCUT2D eigenvalue weighted by Crippen LogP contribution is 2.20. The van der Waals surface area contributed by atoms with E-state index >= 15 is 0 Å². The molecular weight excluding hydrogens is 124 g/mol. The second-order valence-electron chi connectivity index (χ2n) is 2.16. The summed E-state index contributed by atoms with van der Waals surface area (Å²) in [7, 11) is 0. The monoisotopic (exact) mass is 136 g/mol. The Morgan fingerprint density at radius 3 is 2.70 bits per heavy atom. The zero-order valence-corrected chi connectivity index (χ0v) is 6.42. The summed E-state index contributed by atoms with van der Waals surface area (Å²) < 4.78 is 5.24. The number of allylic oxidation sites excluding steroid dienone is 4. The molecule has 0 N–H and O–H groups in total. The minimum absolute atomic E-state index is 0.991. The minimum Gasteiger partial charge on any atom is -0.465 e. The molecule has 0 atom stereocenters. The van der Waals surface area contributed by atoms with Crippen LogP contribution in [0, 0.1) is 0 Å². The van der Waals surface area contributed by atoms with E-state index in [9.17, 15) is 0 Å². The van der Waals surface area contributed by atoms with Crippen molar-refractivity contribution in [3.05, 3.63) is 35.8 Å². The third-order valence-corrected chi connectivity index (χ3v) is 1.56. The molecule has 0 bridgehead atoms. The topological polar surface area (TPSA) is 9.23 Å². The highest BCUT2D eigenvalue weighted by molar-refractivity contribution is 5.29. The van der Waals surface area contributed by atoms with Crippen LogP contribution in [0.3, 0.4) is 0 Å². The number of rotatable bonds is 0. The van der Waals surface area contributed by atoms with Gasteiger partial charge in [-0.15, -0.1) is 0 Å². The number of hydrogen-bond acceptors (Lipinski definition) is 1. The molecule has 0 unspecified atom stereocenters. The van der Waals surface area contributed by atoms with Crippen LogP contribution in [0.1, 0.15) is 20.3 Å². The summed E-state index contributed by atoms with van der Waals surface area (Å²) in [4.78, 5) is 0. The summed E-state index contributed by atoms with van der Waals surface area (Å²) in [6.45, 7) is 4.01. The van der Waals surface area contributed by atoms with Gasteiger partial charge in [0.15, 0.2) is 0 Å². The van der Waals surface area contributed by atoms with Crippen LogP contribution in [0.2, 0.25) is 0 Å². The van der Waals surface area contributed by atoms with Gasteiger partial charge in [-0.05, 0) is 38.0 Å². The van der Waals surface area contributed by atoms with Crippen molar-refractivity contribution >= 4 is 0 Å². The zero-order valence-electron chi connectivity index (χ0n) is 6.42. The fourth-order valence-corrected chi connectivity index (χ4v) is 0.986. The van der Waals surface area contributed by atoms with Crippen molar-refractivity contribution in [2.24, 2.45) is 0 Å². The van der Waals surface area contributed by atoms with Crippen molar-refractivity contribution in [3.63, 3.8) is 0 Å². The Kier molecular flexibility index (Phi) is 2.32. The van der Waals surface area contributed by atoms with Crippen LogP contribution in [0.25, 0.3) is 0 Å². The number of ether oxygens (including phenoxy) is 1. The molecule has 0 aromatic carbocycles. The Morgan fingerprint density at radius 2 is 2.20 bits per heavy atom. The van der Waals surface area contributed by atoms with Gasteiger partial charge in [0.25, 0.3) is 0 Å². The molecule has 0 amide bonds. The molecule has 0 radical (unpaired) electrons. The molecule has 1 heteroatoms. The maximum atomic E-state index is 5.24. The van der Waals surface area contributed by atoms with Gasteiger partial charge in [0.05, 0.1) is 6.26 Å². The SMILES string of the molecule is C/C=C1/CC=CO/C1=C/C. The molecule has 0 aromatic heterocycles. The second-order valence-corrected chi connectivity index (χ2v) is 2.16. The molecule has 0 spiro atoms. The van der Waals surface area contributed by atoms with E-state index in [1.807, 2.05) is 26.0 Å². The van der Waals surface area contributed by atoms with Crippen LogP contribution in [0.15, 0.2) is 35.8 Å². The molecule has 0 aliphatic carbocycles. The highest BCUT2D eigenvalue weighted by Gasteiger charge is 2.05. The van der Waals surface area contributed by atoms with Gasteiger partial charge >= 0.3 is 0 Å². The predicted octanol–water partition coefficient (Wildman–Crippen LogP) is 2.77. The lowest BCUT2D eigenvalue weighted by atomic mass is 10.1. The third kappa shape index (κ3) is 1.29. The molecule has 1 rings (SSSR count). The molecule has 54 valence electrons. The normalized spacial score (nSPS) is 25.4. The van der Waals surface area contributed by atoms with Crippen molar-refractivity contribution in [2.45, 2.75) is 20.3 Å². The Labute approximate surface area is 61.7 Å². The molecule has 0 saturated carbocycles. The summed E-state index contributed by atoms with van der Waals surface area (Å²) in [6, 6.07) is 0. The molecule has 1 heterocycles. The van der Waals surface area contributed by atoms with E-state index in [-0.39, 0.29) is 0 Å². The average molecular weight is 136 g/mol. The molecule has 0 saturated heterocycles. The first-order chi connectivity index (χ1) is 4.88. The smallest absolute Gasteiger partial charge is 0.125 e. The second kappa shape index (κ2) is 3.25. The maximum absolute atomic E-state index is 5.24. The van der Waals surface area contributed by atoms with Gasteiger partial charge < -0.3 is 4.74 Å². The quantitative estimate of drug-likeness (QED) is 0.497. The summed E-state index contributed by atoms with van der Waals surface area (Å²) in [5.74, 6) is 0.991. The summed E-state index contributed by atoms with van der Waals surface area (Å²) in [6.07, 6.45) is 8.82. The first-order valence-corrected chi connectivity index (χ1v) is 3.52. The van der Waals surface area contributed by atoms with E-state index in [1.54, 1.807) is 6.26 Å².